The fourth-order valence-electron chi connectivity index (χ4n) is 0.968. The molecule has 1 aromatic heterocycles. The Kier molecular flexibility index (Phi) is 4.62. The summed E-state index contributed by atoms with van der Waals surface area (Å²) in [5.74, 6) is 0.579. The molecule has 1 aromatic rings. The van der Waals surface area contributed by atoms with Gasteiger partial charge in [0.1, 0.15) is 5.82 Å². The summed E-state index contributed by atoms with van der Waals surface area (Å²) in [6.07, 6.45) is 1.03. The van der Waals surface area contributed by atoms with Gasteiger partial charge in [-0.1, -0.05) is 0 Å². The molecule has 1 rings (SSSR count). The van der Waals surface area contributed by atoms with Crippen LogP contribution in [0.5, 0.6) is 0 Å². The van der Waals surface area contributed by atoms with E-state index in [2.05, 4.69) is 4.98 Å². The van der Waals surface area contributed by atoms with Gasteiger partial charge < -0.3 is 25.5 Å². The average Bonchev–Trinajstić information content (AvgIpc) is 2.25. The van der Waals surface area contributed by atoms with Crippen molar-refractivity contribution < 1.29 is 24.3 Å². The van der Waals surface area contributed by atoms with Crippen molar-refractivity contribution in [1.29, 1.82) is 0 Å². The third-order valence-corrected chi connectivity index (χ3v) is 2.28. The normalized spacial score (nSPS) is 13.7. The Labute approximate surface area is 101 Å². The minimum atomic E-state index is -4.35. The zero-order chi connectivity index (χ0) is 13.8. The van der Waals surface area contributed by atoms with E-state index in [1.165, 1.54) is 12.3 Å². The van der Waals surface area contributed by atoms with Gasteiger partial charge >= 0.3 is 13.3 Å². The highest BCUT2D eigenvalue weighted by atomic mass is 31.2. The lowest BCUT2D eigenvalue weighted by Gasteiger charge is -2.13. The fourth-order valence-corrected chi connectivity index (χ4v) is 1.38. The van der Waals surface area contributed by atoms with Crippen LogP contribution in [-0.2, 0) is 4.57 Å². The number of nitrogens with two attached hydrogens (primary N) is 1. The van der Waals surface area contributed by atoms with Gasteiger partial charge in [0.05, 0.1) is 12.8 Å². The Morgan fingerprint density at radius 1 is 1.61 bits per heavy atom. The standard InChI is InChI=1S/C8H12N3O6P/c9-7-1-3-11(8(13)10-7)17-6(5-12)2-4-18(14,15)16/h1-4,6,12H,5H2,(H2,9,10,13)(H2,14,15,16)/b4-2+. The molecular weight excluding hydrogens is 265 g/mol. The first-order valence-electron chi connectivity index (χ1n) is 4.69. The molecule has 0 aromatic carbocycles. The van der Waals surface area contributed by atoms with Gasteiger partial charge in [-0.25, -0.2) is 4.79 Å². The molecule has 0 aliphatic carbocycles. The number of hydrogen-bond donors (Lipinski definition) is 4. The maximum atomic E-state index is 11.3. The van der Waals surface area contributed by atoms with Gasteiger partial charge in [-0.2, -0.15) is 4.98 Å². The number of nitrogens with zero attached hydrogens (tertiary/aromatic N) is 2. The molecule has 0 fully saturated rings. The summed E-state index contributed by atoms with van der Waals surface area (Å²) in [6.45, 7) is -0.576. The minimum absolute atomic E-state index is 0.00570. The van der Waals surface area contributed by atoms with Crippen LogP contribution in [0.4, 0.5) is 5.82 Å². The van der Waals surface area contributed by atoms with Crippen LogP contribution in [-0.4, -0.2) is 37.3 Å². The largest absolute Gasteiger partial charge is 0.400 e. The molecule has 0 bridgehead atoms. The molecule has 0 aliphatic heterocycles. The van der Waals surface area contributed by atoms with Crippen LogP contribution in [0, 0.1) is 0 Å². The van der Waals surface area contributed by atoms with Crippen molar-refractivity contribution in [2.45, 2.75) is 6.10 Å². The molecule has 100 valence electrons. The molecule has 0 aliphatic rings. The predicted octanol–water partition coefficient (Wildman–Crippen LogP) is -1.69. The van der Waals surface area contributed by atoms with Crippen molar-refractivity contribution in [2.75, 3.05) is 12.3 Å². The van der Waals surface area contributed by atoms with Crippen molar-refractivity contribution in [3.8, 4) is 0 Å². The van der Waals surface area contributed by atoms with E-state index < -0.39 is 26.0 Å². The Morgan fingerprint density at radius 2 is 2.28 bits per heavy atom. The summed E-state index contributed by atoms with van der Waals surface area (Å²) < 4.78 is 11.3. The van der Waals surface area contributed by atoms with E-state index in [4.69, 9.17) is 25.5 Å². The Balaban J connectivity index is 2.84. The molecule has 1 unspecified atom stereocenters. The molecular formula is C8H12N3O6P. The van der Waals surface area contributed by atoms with Crippen molar-refractivity contribution in [2.24, 2.45) is 0 Å². The van der Waals surface area contributed by atoms with Crippen molar-refractivity contribution in [3.63, 3.8) is 0 Å². The van der Waals surface area contributed by atoms with Gasteiger partial charge in [-0.3, -0.25) is 4.57 Å². The SMILES string of the molecule is Nc1ccn(OC(/C=C/P(=O)(O)O)CO)c(=O)n1. The summed E-state index contributed by atoms with van der Waals surface area (Å²) >= 11 is 0. The monoisotopic (exact) mass is 277 g/mol. The maximum Gasteiger partial charge on any atom is 0.382 e. The molecule has 0 saturated heterocycles. The van der Waals surface area contributed by atoms with Crippen LogP contribution in [0.2, 0.25) is 0 Å². The summed E-state index contributed by atoms with van der Waals surface area (Å²) in [4.78, 5) is 36.8. The van der Waals surface area contributed by atoms with E-state index >= 15 is 0 Å². The van der Waals surface area contributed by atoms with Crippen LogP contribution in [0.3, 0.4) is 0 Å². The van der Waals surface area contributed by atoms with Crippen LogP contribution in [0.1, 0.15) is 0 Å². The highest BCUT2D eigenvalue weighted by Crippen LogP contribution is 2.35. The maximum absolute atomic E-state index is 11.3. The van der Waals surface area contributed by atoms with Crippen LogP contribution >= 0.6 is 7.60 Å². The number of aliphatic hydroxyl groups is 1. The van der Waals surface area contributed by atoms with E-state index in [-0.39, 0.29) is 5.82 Å². The van der Waals surface area contributed by atoms with Gasteiger partial charge in [0.2, 0.25) is 0 Å². The Bertz CT molecular complexity index is 536. The smallest absolute Gasteiger partial charge is 0.382 e. The second-order valence-electron chi connectivity index (χ2n) is 3.22. The van der Waals surface area contributed by atoms with E-state index in [9.17, 15) is 9.36 Å². The summed E-state index contributed by atoms with van der Waals surface area (Å²) in [5, 5.41) is 8.94. The zero-order valence-corrected chi connectivity index (χ0v) is 9.97. The van der Waals surface area contributed by atoms with E-state index in [0.717, 1.165) is 6.08 Å². The van der Waals surface area contributed by atoms with Gasteiger partial charge in [0, 0.05) is 11.9 Å². The van der Waals surface area contributed by atoms with Crippen molar-refractivity contribution in [3.05, 3.63) is 34.6 Å². The number of hydrogen-bond acceptors (Lipinski definition) is 6. The molecule has 0 saturated carbocycles. The quantitative estimate of drug-likeness (QED) is 0.466. The topological polar surface area (TPSA) is 148 Å². The van der Waals surface area contributed by atoms with E-state index in [1.807, 2.05) is 0 Å². The molecule has 18 heavy (non-hydrogen) atoms. The van der Waals surface area contributed by atoms with Gasteiger partial charge in [0.15, 0.2) is 6.10 Å². The van der Waals surface area contributed by atoms with Gasteiger partial charge in [-0.15, -0.1) is 4.73 Å². The molecule has 0 spiro atoms. The summed E-state index contributed by atoms with van der Waals surface area (Å²) in [5.41, 5.74) is 4.45. The Morgan fingerprint density at radius 3 is 2.78 bits per heavy atom. The lowest BCUT2D eigenvalue weighted by atomic mass is 10.4. The second-order valence-corrected chi connectivity index (χ2v) is 4.69. The van der Waals surface area contributed by atoms with E-state index in [1.54, 1.807) is 0 Å². The third-order valence-electron chi connectivity index (χ3n) is 1.72. The molecule has 9 nitrogen and oxygen atoms in total. The van der Waals surface area contributed by atoms with Crippen LogP contribution in [0.25, 0.3) is 0 Å². The van der Waals surface area contributed by atoms with Crippen LogP contribution < -0.4 is 16.3 Å². The van der Waals surface area contributed by atoms with Gasteiger partial charge in [-0.05, 0) is 6.08 Å². The average molecular weight is 277 g/mol. The summed E-state index contributed by atoms with van der Waals surface area (Å²) in [6, 6.07) is 1.29. The lowest BCUT2D eigenvalue weighted by Crippen LogP contribution is -2.35. The van der Waals surface area contributed by atoms with Gasteiger partial charge in [0.25, 0.3) is 0 Å². The zero-order valence-electron chi connectivity index (χ0n) is 9.08. The molecule has 5 N–H and O–H groups in total. The Hall–Kier alpha value is -1.67. The highest BCUT2D eigenvalue weighted by molar-refractivity contribution is 7.55. The first kappa shape index (κ1) is 14.4. The molecule has 1 atom stereocenters. The number of nitrogen functional groups attached to an aromatic ring is 1. The number of aromatic nitrogens is 2. The van der Waals surface area contributed by atoms with Crippen LogP contribution in [0.15, 0.2) is 29.0 Å². The lowest BCUT2D eigenvalue weighted by molar-refractivity contribution is 0.0220. The van der Waals surface area contributed by atoms with E-state index in [0.29, 0.717) is 10.5 Å². The first-order valence-corrected chi connectivity index (χ1v) is 6.38. The molecule has 0 radical (unpaired) electrons. The number of aliphatic hydroxyl groups excluding tert-OH is 1. The second kappa shape index (κ2) is 5.78. The summed E-state index contributed by atoms with van der Waals surface area (Å²) in [7, 11) is -4.35. The predicted molar refractivity (Wildman–Crippen MR) is 61.5 cm³/mol. The molecule has 1 heterocycles. The third kappa shape index (κ3) is 4.68. The minimum Gasteiger partial charge on any atom is -0.400 e. The highest BCUT2D eigenvalue weighted by Gasteiger charge is 2.11. The molecule has 10 heteroatoms. The first-order chi connectivity index (χ1) is 8.31. The fraction of sp³-hybridized carbons (Fsp3) is 0.250. The molecule has 0 amide bonds. The van der Waals surface area contributed by atoms with Crippen molar-refractivity contribution >= 4 is 13.4 Å². The number of anilines is 1. The number of rotatable bonds is 5. The van der Waals surface area contributed by atoms with Crippen molar-refractivity contribution in [1.82, 2.24) is 9.71 Å².